The number of aromatic hydroxyl groups is 1. The van der Waals surface area contributed by atoms with E-state index in [4.69, 9.17) is 4.74 Å². The third-order valence-corrected chi connectivity index (χ3v) is 6.67. The van der Waals surface area contributed by atoms with Crippen LogP contribution in [0.15, 0.2) is 42.5 Å². The molecule has 226 valence electrons. The van der Waals surface area contributed by atoms with Crippen molar-refractivity contribution in [1.82, 2.24) is 15.5 Å². The van der Waals surface area contributed by atoms with Gasteiger partial charge in [0.1, 0.15) is 23.4 Å². The summed E-state index contributed by atoms with van der Waals surface area (Å²) < 4.78 is 5.51. The molecule has 0 bridgehead atoms. The SMILES string of the molecule is CCCC(C)NC(=O)C(c1cc(C)ccc1C)N(C(=O)C(Cc1ccc(O)cc1)NC(=O)OC(C)(C)C)C(C)(C)C. The highest BCUT2D eigenvalue weighted by atomic mass is 16.6. The van der Waals surface area contributed by atoms with Crippen molar-refractivity contribution >= 4 is 17.9 Å². The third-order valence-electron chi connectivity index (χ3n) is 6.67. The molecule has 3 amide bonds. The molecular weight excluding hydrogens is 518 g/mol. The molecule has 41 heavy (non-hydrogen) atoms. The van der Waals surface area contributed by atoms with Gasteiger partial charge in [-0.05, 0) is 97.6 Å². The summed E-state index contributed by atoms with van der Waals surface area (Å²) in [7, 11) is 0. The quantitative estimate of drug-likeness (QED) is 0.321. The number of phenolic OH excluding ortho intramolecular Hbond substituents is 1. The molecule has 8 nitrogen and oxygen atoms in total. The van der Waals surface area contributed by atoms with Crippen LogP contribution in [-0.4, -0.2) is 51.1 Å². The number of carbonyl (C=O) groups excluding carboxylic acids is 3. The van der Waals surface area contributed by atoms with Gasteiger partial charge in [-0.25, -0.2) is 4.79 Å². The second-order valence-electron chi connectivity index (χ2n) is 12.9. The molecule has 3 N–H and O–H groups in total. The van der Waals surface area contributed by atoms with Crippen LogP contribution in [-0.2, 0) is 20.7 Å². The maximum atomic E-state index is 14.6. The molecule has 0 aliphatic rings. The Kier molecular flexibility index (Phi) is 11.4. The first-order chi connectivity index (χ1) is 18.9. The number of phenols is 1. The zero-order valence-electron chi connectivity index (χ0n) is 26.4. The van der Waals surface area contributed by atoms with Crippen LogP contribution in [0.25, 0.3) is 0 Å². The Balaban J connectivity index is 2.67. The lowest BCUT2D eigenvalue weighted by Crippen LogP contribution is -2.59. The van der Waals surface area contributed by atoms with Crippen LogP contribution >= 0.6 is 0 Å². The summed E-state index contributed by atoms with van der Waals surface area (Å²) in [6, 6.07) is 10.3. The van der Waals surface area contributed by atoms with Crippen LogP contribution < -0.4 is 10.6 Å². The number of nitrogens with one attached hydrogen (secondary N) is 2. The van der Waals surface area contributed by atoms with E-state index in [1.54, 1.807) is 37.8 Å². The van der Waals surface area contributed by atoms with Crippen molar-refractivity contribution in [2.24, 2.45) is 0 Å². The van der Waals surface area contributed by atoms with Crippen molar-refractivity contribution in [2.75, 3.05) is 0 Å². The minimum Gasteiger partial charge on any atom is -0.508 e. The largest absolute Gasteiger partial charge is 0.508 e. The average Bonchev–Trinajstić information content (AvgIpc) is 2.82. The van der Waals surface area contributed by atoms with Gasteiger partial charge in [-0.3, -0.25) is 9.59 Å². The number of benzene rings is 2. The van der Waals surface area contributed by atoms with Crippen molar-refractivity contribution in [2.45, 2.75) is 118 Å². The molecule has 3 unspecified atom stereocenters. The zero-order chi connectivity index (χ0) is 31.1. The van der Waals surface area contributed by atoms with Crippen molar-refractivity contribution in [3.05, 3.63) is 64.7 Å². The third kappa shape index (κ3) is 10.1. The van der Waals surface area contributed by atoms with Gasteiger partial charge >= 0.3 is 6.09 Å². The summed E-state index contributed by atoms with van der Waals surface area (Å²) in [5, 5.41) is 15.7. The molecular formula is C33H49N3O5. The Hall–Kier alpha value is -3.55. The fourth-order valence-corrected chi connectivity index (χ4v) is 4.81. The first kappa shape index (κ1) is 33.7. The Morgan fingerprint density at radius 1 is 0.951 bits per heavy atom. The lowest BCUT2D eigenvalue weighted by atomic mass is 9.91. The molecule has 0 saturated carbocycles. The lowest BCUT2D eigenvalue weighted by molar-refractivity contribution is -0.148. The minimum absolute atomic E-state index is 0.0790. The van der Waals surface area contributed by atoms with E-state index in [-0.39, 0.29) is 24.1 Å². The number of alkyl carbamates (subject to hydrolysis) is 1. The number of carbonyl (C=O) groups is 3. The van der Waals surface area contributed by atoms with Crippen LogP contribution in [0.3, 0.4) is 0 Å². The van der Waals surface area contributed by atoms with Crippen molar-refractivity contribution in [1.29, 1.82) is 0 Å². The van der Waals surface area contributed by atoms with E-state index < -0.39 is 35.2 Å². The van der Waals surface area contributed by atoms with E-state index in [9.17, 15) is 19.5 Å². The second kappa shape index (κ2) is 13.9. The van der Waals surface area contributed by atoms with Gasteiger partial charge in [0, 0.05) is 18.0 Å². The van der Waals surface area contributed by atoms with Crippen molar-refractivity contribution in [3.8, 4) is 5.75 Å². The van der Waals surface area contributed by atoms with E-state index >= 15 is 0 Å². The maximum Gasteiger partial charge on any atom is 0.408 e. The van der Waals surface area contributed by atoms with Gasteiger partial charge in [0.25, 0.3) is 0 Å². The van der Waals surface area contributed by atoms with Gasteiger partial charge in [-0.15, -0.1) is 0 Å². The number of hydrogen-bond acceptors (Lipinski definition) is 5. The van der Waals surface area contributed by atoms with Crippen LogP contribution in [0.2, 0.25) is 0 Å². The smallest absolute Gasteiger partial charge is 0.408 e. The molecule has 8 heteroatoms. The van der Waals surface area contributed by atoms with Gasteiger partial charge < -0.3 is 25.4 Å². The molecule has 0 aliphatic carbocycles. The predicted molar refractivity (Wildman–Crippen MR) is 163 cm³/mol. The van der Waals surface area contributed by atoms with Gasteiger partial charge in [0.15, 0.2) is 0 Å². The van der Waals surface area contributed by atoms with Crippen LogP contribution in [0.1, 0.15) is 96.5 Å². The monoisotopic (exact) mass is 567 g/mol. The summed E-state index contributed by atoms with van der Waals surface area (Å²) in [4.78, 5) is 43.2. The van der Waals surface area contributed by atoms with E-state index in [0.29, 0.717) is 0 Å². The Bertz CT molecular complexity index is 1190. The van der Waals surface area contributed by atoms with Crippen LogP contribution in [0, 0.1) is 13.8 Å². The summed E-state index contributed by atoms with van der Waals surface area (Å²) in [5.41, 5.74) is 1.75. The molecule has 0 heterocycles. The highest BCUT2D eigenvalue weighted by Crippen LogP contribution is 2.33. The number of nitrogens with zero attached hydrogens (tertiary/aromatic N) is 1. The van der Waals surface area contributed by atoms with E-state index in [1.807, 2.05) is 59.7 Å². The van der Waals surface area contributed by atoms with Gasteiger partial charge in [-0.1, -0.05) is 49.2 Å². The molecule has 3 atom stereocenters. The highest BCUT2D eigenvalue weighted by molar-refractivity contribution is 5.93. The predicted octanol–water partition coefficient (Wildman–Crippen LogP) is 6.12. The van der Waals surface area contributed by atoms with Crippen molar-refractivity contribution < 1.29 is 24.2 Å². The number of aryl methyl sites for hydroxylation is 2. The molecule has 2 aromatic carbocycles. The summed E-state index contributed by atoms with van der Waals surface area (Å²) >= 11 is 0. The normalized spacial score (nSPS) is 14.0. The molecule has 2 rings (SSSR count). The zero-order valence-corrected chi connectivity index (χ0v) is 26.4. The van der Waals surface area contributed by atoms with Crippen molar-refractivity contribution in [3.63, 3.8) is 0 Å². The molecule has 0 fully saturated rings. The molecule has 0 aromatic heterocycles. The highest BCUT2D eigenvalue weighted by Gasteiger charge is 2.42. The first-order valence-corrected chi connectivity index (χ1v) is 14.4. The van der Waals surface area contributed by atoms with E-state index in [0.717, 1.165) is 35.1 Å². The second-order valence-corrected chi connectivity index (χ2v) is 12.9. The van der Waals surface area contributed by atoms with E-state index in [2.05, 4.69) is 17.6 Å². The van der Waals surface area contributed by atoms with Gasteiger partial charge in [-0.2, -0.15) is 0 Å². The fraction of sp³-hybridized carbons (Fsp3) is 0.545. The number of ether oxygens (including phenoxy) is 1. The molecule has 0 aliphatic heterocycles. The summed E-state index contributed by atoms with van der Waals surface area (Å²) in [6.07, 6.45) is 1.12. The number of rotatable bonds is 10. The van der Waals surface area contributed by atoms with Crippen LogP contribution in [0.4, 0.5) is 4.79 Å². The average molecular weight is 568 g/mol. The molecule has 2 aromatic rings. The fourth-order valence-electron chi connectivity index (χ4n) is 4.81. The Labute approximate surface area is 245 Å². The Morgan fingerprint density at radius 2 is 1.56 bits per heavy atom. The standard InChI is InChI=1S/C33H49N3O5/c1-11-12-23(4)34-29(38)28(26-19-21(2)13-14-22(26)3)36(32(5,6)7)30(39)27(35-31(40)41-33(8,9)10)20-24-15-17-25(37)18-16-24/h13-19,23,27-28,37H,11-12,20H2,1-10H3,(H,34,38)(H,35,40). The maximum absolute atomic E-state index is 14.6. The molecule has 0 saturated heterocycles. The van der Waals surface area contributed by atoms with Gasteiger partial charge in [0.05, 0.1) is 0 Å². The molecule has 0 spiro atoms. The topological polar surface area (TPSA) is 108 Å². The first-order valence-electron chi connectivity index (χ1n) is 14.4. The van der Waals surface area contributed by atoms with E-state index in [1.165, 1.54) is 12.1 Å². The summed E-state index contributed by atoms with van der Waals surface area (Å²) in [6.45, 7) is 18.8. The van der Waals surface area contributed by atoms with Crippen LogP contribution in [0.5, 0.6) is 5.75 Å². The lowest BCUT2D eigenvalue weighted by Gasteiger charge is -2.43. The number of hydrogen-bond donors (Lipinski definition) is 3. The Morgan fingerprint density at radius 3 is 2.10 bits per heavy atom. The minimum atomic E-state index is -1.04. The molecule has 0 radical (unpaired) electrons. The number of amides is 3. The summed E-state index contributed by atoms with van der Waals surface area (Å²) in [5.74, 6) is -0.592. The van der Waals surface area contributed by atoms with Gasteiger partial charge in [0.2, 0.25) is 11.8 Å².